The van der Waals surface area contributed by atoms with Crippen LogP contribution in [0.2, 0.25) is 0 Å². The molecule has 4 aromatic rings. The lowest BCUT2D eigenvalue weighted by Gasteiger charge is -2.38. The van der Waals surface area contributed by atoms with Gasteiger partial charge in [0.15, 0.2) is 0 Å². The molecule has 0 aliphatic heterocycles. The first-order chi connectivity index (χ1) is 17.0. The van der Waals surface area contributed by atoms with Crippen molar-refractivity contribution in [2.75, 3.05) is 27.7 Å². The molecule has 180 valence electrons. The fourth-order valence-corrected chi connectivity index (χ4v) is 4.76. The number of nitrogens with zero attached hydrogens (tertiary/aromatic N) is 2. The molecule has 1 N–H and O–H groups in total. The molecule has 0 aliphatic rings. The lowest BCUT2D eigenvalue weighted by molar-refractivity contribution is 0.00874. The Morgan fingerprint density at radius 1 is 0.857 bits per heavy atom. The monoisotopic (exact) mass is 466 g/mol. The third-order valence-electron chi connectivity index (χ3n) is 6.51. The van der Waals surface area contributed by atoms with Crippen LogP contribution in [0.1, 0.15) is 29.0 Å². The third kappa shape index (κ3) is 5.97. The summed E-state index contributed by atoms with van der Waals surface area (Å²) in [4.78, 5) is 6.81. The van der Waals surface area contributed by atoms with Gasteiger partial charge in [0, 0.05) is 36.2 Å². The summed E-state index contributed by atoms with van der Waals surface area (Å²) in [5.41, 5.74) is 4.03. The Hall–Kier alpha value is -3.47. The van der Waals surface area contributed by atoms with Crippen LogP contribution in [0.3, 0.4) is 0 Å². The SMILES string of the molecule is COc1ncc(-c2ccccc2)cc1C(c1ccccc1)C(O)(CCN(C)C)Cc1ccccc1. The Bertz CT molecular complexity index is 1200. The van der Waals surface area contributed by atoms with Gasteiger partial charge < -0.3 is 14.7 Å². The molecule has 2 atom stereocenters. The highest BCUT2D eigenvalue weighted by Crippen LogP contribution is 2.43. The fraction of sp³-hybridized carbons (Fsp3) is 0.258. The first-order valence-electron chi connectivity index (χ1n) is 12.1. The highest BCUT2D eigenvalue weighted by atomic mass is 16.5. The Morgan fingerprint density at radius 2 is 1.46 bits per heavy atom. The van der Waals surface area contributed by atoms with Crippen LogP contribution in [0.5, 0.6) is 5.88 Å². The number of aliphatic hydroxyl groups is 1. The lowest BCUT2D eigenvalue weighted by Crippen LogP contribution is -2.42. The van der Waals surface area contributed by atoms with Crippen molar-refractivity contribution in [3.63, 3.8) is 0 Å². The molecule has 35 heavy (non-hydrogen) atoms. The van der Waals surface area contributed by atoms with Gasteiger partial charge in [-0.15, -0.1) is 0 Å². The molecule has 4 rings (SSSR count). The summed E-state index contributed by atoms with van der Waals surface area (Å²) >= 11 is 0. The molecule has 0 saturated carbocycles. The second-order valence-corrected chi connectivity index (χ2v) is 9.35. The molecule has 1 aromatic heterocycles. The smallest absolute Gasteiger partial charge is 0.216 e. The lowest BCUT2D eigenvalue weighted by atomic mass is 9.72. The molecule has 0 spiro atoms. The topological polar surface area (TPSA) is 45.6 Å². The predicted octanol–water partition coefficient (Wildman–Crippen LogP) is 5.81. The van der Waals surface area contributed by atoms with Crippen molar-refractivity contribution in [3.05, 3.63) is 120 Å². The van der Waals surface area contributed by atoms with Gasteiger partial charge in [-0.05, 0) is 43.3 Å². The number of benzene rings is 3. The van der Waals surface area contributed by atoms with E-state index >= 15 is 0 Å². The van der Waals surface area contributed by atoms with Gasteiger partial charge in [-0.1, -0.05) is 91.0 Å². The zero-order chi connectivity index (χ0) is 24.7. The third-order valence-corrected chi connectivity index (χ3v) is 6.51. The van der Waals surface area contributed by atoms with Crippen molar-refractivity contribution in [1.82, 2.24) is 9.88 Å². The number of ether oxygens (including phenoxy) is 1. The molecule has 0 fully saturated rings. The van der Waals surface area contributed by atoms with Crippen molar-refractivity contribution >= 4 is 0 Å². The first-order valence-corrected chi connectivity index (χ1v) is 12.1. The molecule has 0 aliphatic carbocycles. The Kier molecular flexibility index (Phi) is 7.96. The minimum absolute atomic E-state index is 0.338. The van der Waals surface area contributed by atoms with Crippen molar-refractivity contribution in [1.29, 1.82) is 0 Å². The van der Waals surface area contributed by atoms with Crippen LogP contribution < -0.4 is 4.74 Å². The molecule has 4 nitrogen and oxygen atoms in total. The summed E-state index contributed by atoms with van der Waals surface area (Å²) in [7, 11) is 5.73. The Balaban J connectivity index is 1.90. The molecule has 0 saturated heterocycles. The Morgan fingerprint density at radius 3 is 2.06 bits per heavy atom. The van der Waals surface area contributed by atoms with E-state index < -0.39 is 5.60 Å². The van der Waals surface area contributed by atoms with Crippen LogP contribution in [-0.2, 0) is 6.42 Å². The van der Waals surface area contributed by atoms with Gasteiger partial charge in [-0.2, -0.15) is 0 Å². The van der Waals surface area contributed by atoms with Crippen LogP contribution >= 0.6 is 0 Å². The molecule has 1 heterocycles. The number of methoxy groups -OCH3 is 1. The zero-order valence-electron chi connectivity index (χ0n) is 20.8. The predicted molar refractivity (Wildman–Crippen MR) is 143 cm³/mol. The van der Waals surface area contributed by atoms with E-state index in [2.05, 4.69) is 47.4 Å². The number of pyridine rings is 1. The minimum Gasteiger partial charge on any atom is -0.481 e. The number of rotatable bonds is 10. The highest BCUT2D eigenvalue weighted by molar-refractivity contribution is 5.65. The molecular formula is C31H34N2O2. The average Bonchev–Trinajstić information content (AvgIpc) is 2.89. The van der Waals surface area contributed by atoms with Crippen molar-refractivity contribution < 1.29 is 9.84 Å². The first kappa shape index (κ1) is 24.6. The molecule has 3 aromatic carbocycles. The summed E-state index contributed by atoms with van der Waals surface area (Å²) in [6.07, 6.45) is 2.95. The van der Waals surface area contributed by atoms with Gasteiger partial charge in [0.1, 0.15) is 0 Å². The van der Waals surface area contributed by atoms with Crippen LogP contribution in [0.15, 0.2) is 103 Å². The van der Waals surface area contributed by atoms with Gasteiger partial charge in [-0.3, -0.25) is 0 Å². The van der Waals surface area contributed by atoms with Crippen LogP contribution in [-0.4, -0.2) is 48.3 Å². The van der Waals surface area contributed by atoms with Crippen molar-refractivity contribution in [2.24, 2.45) is 0 Å². The average molecular weight is 467 g/mol. The molecule has 4 heteroatoms. The summed E-state index contributed by atoms with van der Waals surface area (Å²) in [5.74, 6) is 0.199. The van der Waals surface area contributed by atoms with E-state index in [1.54, 1.807) is 7.11 Å². The van der Waals surface area contributed by atoms with Crippen LogP contribution in [0, 0.1) is 0 Å². The van der Waals surface area contributed by atoms with Gasteiger partial charge >= 0.3 is 0 Å². The van der Waals surface area contributed by atoms with E-state index in [1.807, 2.05) is 74.9 Å². The summed E-state index contributed by atoms with van der Waals surface area (Å²) < 4.78 is 5.78. The maximum absolute atomic E-state index is 12.6. The van der Waals surface area contributed by atoms with E-state index in [-0.39, 0.29) is 5.92 Å². The molecule has 0 amide bonds. The van der Waals surface area contributed by atoms with Crippen molar-refractivity contribution in [3.8, 4) is 17.0 Å². The highest BCUT2D eigenvalue weighted by Gasteiger charge is 2.40. The van der Waals surface area contributed by atoms with E-state index in [4.69, 9.17) is 9.72 Å². The zero-order valence-corrected chi connectivity index (χ0v) is 20.8. The second-order valence-electron chi connectivity index (χ2n) is 9.35. The van der Waals surface area contributed by atoms with Crippen LogP contribution in [0.25, 0.3) is 11.1 Å². The summed E-state index contributed by atoms with van der Waals surface area (Å²) in [5, 5.41) is 12.6. The quantitative estimate of drug-likeness (QED) is 0.320. The van der Waals surface area contributed by atoms with E-state index in [1.165, 1.54) is 0 Å². The summed E-state index contributed by atoms with van der Waals surface area (Å²) in [6.45, 7) is 0.751. The molecular weight excluding hydrogens is 432 g/mol. The molecule has 2 unspecified atom stereocenters. The fourth-order valence-electron chi connectivity index (χ4n) is 4.76. The number of aromatic nitrogens is 1. The van der Waals surface area contributed by atoms with Gasteiger partial charge in [0.25, 0.3) is 0 Å². The normalized spacial score (nSPS) is 13.9. The van der Waals surface area contributed by atoms with Crippen molar-refractivity contribution in [2.45, 2.75) is 24.4 Å². The van der Waals surface area contributed by atoms with E-state index in [0.29, 0.717) is 18.7 Å². The van der Waals surface area contributed by atoms with Crippen LogP contribution in [0.4, 0.5) is 0 Å². The van der Waals surface area contributed by atoms with Gasteiger partial charge in [0.05, 0.1) is 12.7 Å². The van der Waals surface area contributed by atoms with E-state index in [9.17, 15) is 5.11 Å². The molecule has 0 bridgehead atoms. The maximum Gasteiger partial charge on any atom is 0.216 e. The summed E-state index contributed by atoms with van der Waals surface area (Å²) in [6, 6.07) is 32.8. The second kappa shape index (κ2) is 11.3. The standard InChI is InChI=1S/C31H34N2O2/c1-33(2)20-19-31(34,22-24-13-7-4-8-14-24)29(26-17-11-6-12-18-26)28-21-27(23-32-30(28)35-3)25-15-9-5-10-16-25/h4-18,21,23,29,34H,19-20,22H2,1-3H3. The number of hydrogen-bond donors (Lipinski definition) is 1. The maximum atomic E-state index is 12.6. The van der Waals surface area contributed by atoms with Gasteiger partial charge in [-0.25, -0.2) is 4.98 Å². The number of hydrogen-bond acceptors (Lipinski definition) is 4. The molecule has 0 radical (unpaired) electrons. The largest absolute Gasteiger partial charge is 0.481 e. The minimum atomic E-state index is -1.07. The van der Waals surface area contributed by atoms with Gasteiger partial charge in [0.2, 0.25) is 5.88 Å². The Labute approximate surface area is 208 Å². The van der Waals surface area contributed by atoms with E-state index in [0.717, 1.165) is 34.4 Å².